The molecule has 0 unspecified atom stereocenters. The van der Waals surface area contributed by atoms with Gasteiger partial charge in [0.2, 0.25) is 5.95 Å². The molecule has 1 aromatic rings. The van der Waals surface area contributed by atoms with E-state index >= 15 is 0 Å². The first kappa shape index (κ1) is 12.0. The summed E-state index contributed by atoms with van der Waals surface area (Å²) in [6.45, 7) is 0.789. The van der Waals surface area contributed by atoms with Crippen molar-refractivity contribution in [1.82, 2.24) is 9.97 Å². The van der Waals surface area contributed by atoms with Crippen LogP contribution in [-0.4, -0.2) is 34.3 Å². The predicted octanol–water partition coefficient (Wildman–Crippen LogP) is 1.82. The Morgan fingerprint density at radius 1 is 1.31 bits per heavy atom. The number of hydrogen-bond acceptors (Lipinski definition) is 4. The van der Waals surface area contributed by atoms with Crippen LogP contribution in [0.15, 0.2) is 12.4 Å². The summed E-state index contributed by atoms with van der Waals surface area (Å²) in [5.41, 5.74) is 0. The number of anilines is 1. The molecule has 5 heteroatoms. The molecule has 88 valence electrons. The molecule has 2 rings (SSSR count). The van der Waals surface area contributed by atoms with E-state index in [0.717, 1.165) is 9.52 Å². The zero-order chi connectivity index (χ0) is 11.4. The third-order valence-electron chi connectivity index (χ3n) is 2.97. The van der Waals surface area contributed by atoms with Crippen molar-refractivity contribution in [3.8, 4) is 0 Å². The standard InChI is InChI=1S/C11H16IN3O/c12-9-7-13-11(14-8-9)15(5-6-16)10-3-1-2-4-10/h7-8,10,16H,1-6H2. The first-order chi connectivity index (χ1) is 7.81. The molecular formula is C11H16IN3O. The van der Waals surface area contributed by atoms with Crippen LogP contribution in [0.1, 0.15) is 25.7 Å². The Morgan fingerprint density at radius 3 is 2.50 bits per heavy atom. The summed E-state index contributed by atoms with van der Waals surface area (Å²) in [5, 5.41) is 9.11. The van der Waals surface area contributed by atoms with Crippen molar-refractivity contribution in [2.24, 2.45) is 0 Å². The van der Waals surface area contributed by atoms with E-state index in [0.29, 0.717) is 12.6 Å². The second-order valence-electron chi connectivity index (χ2n) is 4.06. The van der Waals surface area contributed by atoms with Gasteiger partial charge in [-0.1, -0.05) is 12.8 Å². The van der Waals surface area contributed by atoms with Crippen LogP contribution in [0.4, 0.5) is 5.95 Å². The van der Waals surface area contributed by atoms with Gasteiger partial charge < -0.3 is 10.0 Å². The van der Waals surface area contributed by atoms with Crippen molar-refractivity contribution >= 4 is 28.5 Å². The first-order valence-corrected chi connectivity index (χ1v) is 6.74. The van der Waals surface area contributed by atoms with Gasteiger partial charge in [-0.15, -0.1) is 0 Å². The summed E-state index contributed by atoms with van der Waals surface area (Å²) in [6.07, 6.45) is 8.57. The highest BCUT2D eigenvalue weighted by molar-refractivity contribution is 14.1. The molecule has 16 heavy (non-hydrogen) atoms. The summed E-state index contributed by atoms with van der Waals surface area (Å²) < 4.78 is 1.04. The average Bonchev–Trinajstić information content (AvgIpc) is 2.81. The second-order valence-corrected chi connectivity index (χ2v) is 5.30. The van der Waals surface area contributed by atoms with Crippen LogP contribution in [0.2, 0.25) is 0 Å². The molecule has 1 aliphatic rings. The molecule has 0 radical (unpaired) electrons. The van der Waals surface area contributed by atoms with Crippen LogP contribution < -0.4 is 4.90 Å². The molecule has 0 saturated heterocycles. The molecule has 1 N–H and O–H groups in total. The Bertz CT molecular complexity index is 325. The van der Waals surface area contributed by atoms with Gasteiger partial charge in [0, 0.05) is 28.6 Å². The van der Waals surface area contributed by atoms with Crippen molar-refractivity contribution in [2.45, 2.75) is 31.7 Å². The van der Waals surface area contributed by atoms with Crippen molar-refractivity contribution in [3.63, 3.8) is 0 Å². The number of halogens is 1. The van der Waals surface area contributed by atoms with Gasteiger partial charge in [0.15, 0.2) is 0 Å². The highest BCUT2D eigenvalue weighted by Crippen LogP contribution is 2.25. The Morgan fingerprint density at radius 2 is 1.94 bits per heavy atom. The van der Waals surface area contributed by atoms with E-state index < -0.39 is 0 Å². The van der Waals surface area contributed by atoms with Crippen LogP contribution in [-0.2, 0) is 0 Å². The molecule has 1 aliphatic carbocycles. The summed E-state index contributed by atoms with van der Waals surface area (Å²) in [5.74, 6) is 0.751. The Labute approximate surface area is 109 Å². The zero-order valence-corrected chi connectivity index (χ0v) is 11.3. The molecule has 0 spiro atoms. The van der Waals surface area contributed by atoms with Gasteiger partial charge in [0.05, 0.1) is 6.61 Å². The predicted molar refractivity (Wildman–Crippen MR) is 71.4 cm³/mol. The minimum Gasteiger partial charge on any atom is -0.395 e. The fourth-order valence-electron chi connectivity index (χ4n) is 2.22. The molecule has 0 aromatic carbocycles. The van der Waals surface area contributed by atoms with Gasteiger partial charge >= 0.3 is 0 Å². The lowest BCUT2D eigenvalue weighted by molar-refractivity contribution is 0.296. The number of aromatic nitrogens is 2. The van der Waals surface area contributed by atoms with Crippen molar-refractivity contribution in [2.75, 3.05) is 18.1 Å². The van der Waals surface area contributed by atoms with Crippen molar-refractivity contribution < 1.29 is 5.11 Å². The first-order valence-electron chi connectivity index (χ1n) is 5.66. The van der Waals surface area contributed by atoms with E-state index in [4.69, 9.17) is 5.11 Å². The largest absolute Gasteiger partial charge is 0.395 e. The summed E-state index contributed by atoms with van der Waals surface area (Å²) >= 11 is 2.20. The topological polar surface area (TPSA) is 49.2 Å². The molecule has 0 atom stereocenters. The Balaban J connectivity index is 2.14. The van der Waals surface area contributed by atoms with Crippen LogP contribution >= 0.6 is 22.6 Å². The minimum atomic E-state index is 0.159. The van der Waals surface area contributed by atoms with E-state index in [1.165, 1.54) is 25.7 Å². The lowest BCUT2D eigenvalue weighted by Crippen LogP contribution is -2.37. The van der Waals surface area contributed by atoms with Gasteiger partial charge in [-0.05, 0) is 35.4 Å². The number of hydrogen-bond donors (Lipinski definition) is 1. The quantitative estimate of drug-likeness (QED) is 0.854. The maximum atomic E-state index is 9.11. The molecule has 0 bridgehead atoms. The SMILES string of the molecule is OCCN(c1ncc(I)cn1)C1CCCC1. The van der Waals surface area contributed by atoms with Gasteiger partial charge in [0.25, 0.3) is 0 Å². The van der Waals surface area contributed by atoms with Crippen LogP contribution in [0.5, 0.6) is 0 Å². The smallest absolute Gasteiger partial charge is 0.225 e. The molecular weight excluding hydrogens is 317 g/mol. The number of aliphatic hydroxyl groups is 1. The molecule has 0 aliphatic heterocycles. The lowest BCUT2D eigenvalue weighted by Gasteiger charge is -2.28. The second kappa shape index (κ2) is 5.77. The van der Waals surface area contributed by atoms with Gasteiger partial charge in [0.1, 0.15) is 0 Å². The highest BCUT2D eigenvalue weighted by Gasteiger charge is 2.23. The van der Waals surface area contributed by atoms with Crippen molar-refractivity contribution in [3.05, 3.63) is 16.0 Å². The number of rotatable bonds is 4. The lowest BCUT2D eigenvalue weighted by atomic mass is 10.2. The maximum Gasteiger partial charge on any atom is 0.225 e. The molecule has 4 nitrogen and oxygen atoms in total. The van der Waals surface area contributed by atoms with Crippen LogP contribution in [0.25, 0.3) is 0 Å². The highest BCUT2D eigenvalue weighted by atomic mass is 127. The normalized spacial score (nSPS) is 16.6. The number of aliphatic hydroxyl groups excluding tert-OH is 1. The zero-order valence-electron chi connectivity index (χ0n) is 9.14. The van der Waals surface area contributed by atoms with E-state index in [2.05, 4.69) is 37.5 Å². The molecule has 1 saturated carbocycles. The van der Waals surface area contributed by atoms with Crippen LogP contribution in [0, 0.1) is 3.57 Å². The van der Waals surface area contributed by atoms with Gasteiger partial charge in [-0.3, -0.25) is 0 Å². The molecule has 1 aromatic heterocycles. The Hall–Kier alpha value is -0.430. The Kier molecular flexibility index (Phi) is 4.34. The molecule has 1 heterocycles. The average molecular weight is 333 g/mol. The third-order valence-corrected chi connectivity index (χ3v) is 3.53. The van der Waals surface area contributed by atoms with E-state index in [1.54, 1.807) is 0 Å². The van der Waals surface area contributed by atoms with E-state index in [1.807, 2.05) is 12.4 Å². The van der Waals surface area contributed by atoms with E-state index in [-0.39, 0.29) is 6.61 Å². The fourth-order valence-corrected chi connectivity index (χ4v) is 2.50. The van der Waals surface area contributed by atoms with Gasteiger partial charge in [-0.25, -0.2) is 9.97 Å². The summed E-state index contributed by atoms with van der Waals surface area (Å²) in [4.78, 5) is 10.8. The monoisotopic (exact) mass is 333 g/mol. The summed E-state index contributed by atoms with van der Waals surface area (Å²) in [7, 11) is 0. The third kappa shape index (κ3) is 2.82. The summed E-state index contributed by atoms with van der Waals surface area (Å²) in [6, 6.07) is 0.507. The fraction of sp³-hybridized carbons (Fsp3) is 0.636. The van der Waals surface area contributed by atoms with Crippen molar-refractivity contribution in [1.29, 1.82) is 0 Å². The van der Waals surface area contributed by atoms with E-state index in [9.17, 15) is 0 Å². The van der Waals surface area contributed by atoms with Gasteiger partial charge in [-0.2, -0.15) is 0 Å². The maximum absolute atomic E-state index is 9.11. The number of nitrogens with zero attached hydrogens (tertiary/aromatic N) is 3. The minimum absolute atomic E-state index is 0.159. The molecule has 0 amide bonds. The van der Waals surface area contributed by atoms with Crippen LogP contribution in [0.3, 0.4) is 0 Å². The molecule has 1 fully saturated rings.